The normalized spacial score (nSPS) is 18.1. The van der Waals surface area contributed by atoms with Gasteiger partial charge in [-0.25, -0.2) is 4.98 Å². The van der Waals surface area contributed by atoms with E-state index in [1.54, 1.807) is 13.3 Å². The molecule has 1 aromatic heterocycles. The van der Waals surface area contributed by atoms with Gasteiger partial charge in [-0.3, -0.25) is 0 Å². The topological polar surface area (TPSA) is 67.3 Å². The molecule has 17 heavy (non-hydrogen) atoms. The van der Waals surface area contributed by atoms with E-state index in [1.165, 1.54) is 0 Å². The quantitative estimate of drug-likeness (QED) is 0.890. The summed E-state index contributed by atoms with van der Waals surface area (Å²) in [5.74, 6) is 0.995. The fourth-order valence-corrected chi connectivity index (χ4v) is 2.52. The summed E-state index contributed by atoms with van der Waals surface area (Å²) in [7, 11) is 1.56. The zero-order valence-corrected chi connectivity index (χ0v) is 11.3. The predicted molar refractivity (Wildman–Crippen MR) is 68.2 cm³/mol. The van der Waals surface area contributed by atoms with E-state index >= 15 is 0 Å². The van der Waals surface area contributed by atoms with Crippen molar-refractivity contribution in [3.63, 3.8) is 0 Å². The van der Waals surface area contributed by atoms with Gasteiger partial charge in [-0.1, -0.05) is 12.8 Å². The number of ether oxygens (including phenoxy) is 1. The van der Waals surface area contributed by atoms with E-state index in [0.29, 0.717) is 11.8 Å². The van der Waals surface area contributed by atoms with Crippen molar-refractivity contribution in [2.24, 2.45) is 0 Å². The van der Waals surface area contributed by atoms with Crippen LogP contribution in [0.5, 0.6) is 5.88 Å². The van der Waals surface area contributed by atoms with Crippen LogP contribution in [0.15, 0.2) is 10.7 Å². The molecule has 94 valence electrons. The third kappa shape index (κ3) is 2.69. The first-order valence-corrected chi connectivity index (χ1v) is 6.44. The highest BCUT2D eigenvalue weighted by Gasteiger charge is 2.33. The number of nitrogens with zero attached hydrogens (tertiary/aromatic N) is 2. The smallest absolute Gasteiger partial charge is 0.232 e. The van der Waals surface area contributed by atoms with Crippen molar-refractivity contribution in [2.75, 3.05) is 19.0 Å². The molecule has 0 radical (unpaired) electrons. The molecule has 1 aliphatic rings. The average molecular weight is 302 g/mol. The van der Waals surface area contributed by atoms with E-state index < -0.39 is 0 Å². The van der Waals surface area contributed by atoms with Crippen LogP contribution in [0.4, 0.5) is 5.95 Å². The molecule has 1 saturated carbocycles. The van der Waals surface area contributed by atoms with Gasteiger partial charge < -0.3 is 15.2 Å². The first kappa shape index (κ1) is 12.6. The molecule has 0 aromatic carbocycles. The second-order valence-electron chi connectivity index (χ2n) is 4.32. The standard InChI is InChI=1S/C11H16BrN3O2/c1-17-9-8(12)6-13-10(14-9)15-11(7-16)4-2-3-5-11/h6,16H,2-5,7H2,1H3,(H,13,14,15). The van der Waals surface area contributed by atoms with Gasteiger partial charge in [-0.05, 0) is 28.8 Å². The Morgan fingerprint density at radius 1 is 1.53 bits per heavy atom. The lowest BCUT2D eigenvalue weighted by Crippen LogP contribution is -2.39. The van der Waals surface area contributed by atoms with E-state index in [2.05, 4.69) is 31.2 Å². The van der Waals surface area contributed by atoms with Crippen LogP contribution in [0, 0.1) is 0 Å². The minimum absolute atomic E-state index is 0.106. The molecule has 0 atom stereocenters. The molecule has 1 fully saturated rings. The van der Waals surface area contributed by atoms with Crippen LogP contribution in [0.3, 0.4) is 0 Å². The number of hydrogen-bond acceptors (Lipinski definition) is 5. The summed E-state index contributed by atoms with van der Waals surface area (Å²) in [6.07, 6.45) is 5.80. The molecule has 1 aromatic rings. The zero-order chi connectivity index (χ0) is 12.3. The maximum Gasteiger partial charge on any atom is 0.232 e. The molecule has 5 nitrogen and oxygen atoms in total. The summed E-state index contributed by atoms with van der Waals surface area (Å²) in [5.41, 5.74) is -0.265. The highest BCUT2D eigenvalue weighted by molar-refractivity contribution is 9.10. The summed E-state index contributed by atoms with van der Waals surface area (Å²) in [6, 6.07) is 0. The van der Waals surface area contributed by atoms with Gasteiger partial charge in [-0.15, -0.1) is 0 Å². The van der Waals surface area contributed by atoms with Crippen LogP contribution >= 0.6 is 15.9 Å². The molecule has 2 N–H and O–H groups in total. The van der Waals surface area contributed by atoms with E-state index in [9.17, 15) is 5.11 Å². The number of hydrogen-bond donors (Lipinski definition) is 2. The fourth-order valence-electron chi connectivity index (χ4n) is 2.17. The van der Waals surface area contributed by atoms with Crippen LogP contribution < -0.4 is 10.1 Å². The summed E-state index contributed by atoms with van der Waals surface area (Å²) in [4.78, 5) is 8.43. The Bertz CT molecular complexity index is 394. The first-order chi connectivity index (χ1) is 8.19. The Labute approximate surface area is 109 Å². The summed E-state index contributed by atoms with van der Waals surface area (Å²) < 4.78 is 5.83. The number of halogens is 1. The molecule has 0 bridgehead atoms. The highest BCUT2D eigenvalue weighted by Crippen LogP contribution is 2.32. The Morgan fingerprint density at radius 2 is 2.24 bits per heavy atom. The van der Waals surface area contributed by atoms with E-state index in [-0.39, 0.29) is 12.1 Å². The van der Waals surface area contributed by atoms with Crippen LogP contribution in [0.25, 0.3) is 0 Å². The lowest BCUT2D eigenvalue weighted by Gasteiger charge is -2.27. The maximum atomic E-state index is 9.50. The number of aromatic nitrogens is 2. The minimum Gasteiger partial charge on any atom is -0.480 e. The van der Waals surface area contributed by atoms with E-state index in [1.807, 2.05) is 0 Å². The van der Waals surface area contributed by atoms with Crippen molar-refractivity contribution in [1.29, 1.82) is 0 Å². The van der Waals surface area contributed by atoms with Crippen molar-refractivity contribution >= 4 is 21.9 Å². The Kier molecular flexibility index (Phi) is 3.83. The number of anilines is 1. The largest absolute Gasteiger partial charge is 0.480 e. The first-order valence-electron chi connectivity index (χ1n) is 5.65. The molecule has 1 heterocycles. The SMILES string of the molecule is COc1nc(NC2(CO)CCCC2)ncc1Br. The predicted octanol–water partition coefficient (Wildman–Crippen LogP) is 1.96. The van der Waals surface area contributed by atoms with Crippen molar-refractivity contribution in [3.8, 4) is 5.88 Å². The molecule has 0 amide bonds. The third-order valence-corrected chi connectivity index (χ3v) is 3.69. The van der Waals surface area contributed by atoms with Crippen molar-refractivity contribution < 1.29 is 9.84 Å². The Balaban J connectivity index is 2.17. The summed E-state index contributed by atoms with van der Waals surface area (Å²) in [5, 5.41) is 12.7. The second-order valence-corrected chi connectivity index (χ2v) is 5.18. The molecule has 2 rings (SSSR count). The number of rotatable bonds is 4. The minimum atomic E-state index is -0.265. The molecule has 0 saturated heterocycles. The molecule has 0 spiro atoms. The van der Waals surface area contributed by atoms with Gasteiger partial charge >= 0.3 is 0 Å². The zero-order valence-electron chi connectivity index (χ0n) is 9.74. The molecule has 0 aliphatic heterocycles. The lowest BCUT2D eigenvalue weighted by molar-refractivity contribution is 0.213. The number of methoxy groups -OCH3 is 1. The van der Waals surface area contributed by atoms with Gasteiger partial charge in [0.25, 0.3) is 0 Å². The average Bonchev–Trinajstić information content (AvgIpc) is 2.81. The van der Waals surface area contributed by atoms with Crippen LogP contribution in [0.1, 0.15) is 25.7 Å². The van der Waals surface area contributed by atoms with Gasteiger partial charge in [0.1, 0.15) is 0 Å². The van der Waals surface area contributed by atoms with Crippen LogP contribution in [-0.2, 0) is 0 Å². The van der Waals surface area contributed by atoms with Crippen LogP contribution in [0.2, 0.25) is 0 Å². The van der Waals surface area contributed by atoms with Gasteiger partial charge in [0.2, 0.25) is 11.8 Å². The number of nitrogens with one attached hydrogen (secondary N) is 1. The number of aliphatic hydroxyl groups excluding tert-OH is 1. The molecule has 0 unspecified atom stereocenters. The monoisotopic (exact) mass is 301 g/mol. The van der Waals surface area contributed by atoms with Gasteiger partial charge in [-0.2, -0.15) is 4.98 Å². The highest BCUT2D eigenvalue weighted by atomic mass is 79.9. The van der Waals surface area contributed by atoms with Crippen LogP contribution in [-0.4, -0.2) is 34.3 Å². The molecule has 6 heteroatoms. The molecule has 1 aliphatic carbocycles. The Hall–Kier alpha value is -0.880. The van der Waals surface area contributed by atoms with Gasteiger partial charge in [0, 0.05) is 0 Å². The maximum absolute atomic E-state index is 9.50. The van der Waals surface area contributed by atoms with E-state index in [4.69, 9.17) is 4.74 Å². The van der Waals surface area contributed by atoms with E-state index in [0.717, 1.165) is 30.2 Å². The van der Waals surface area contributed by atoms with Gasteiger partial charge in [0.15, 0.2) is 0 Å². The van der Waals surface area contributed by atoms with Crippen molar-refractivity contribution in [3.05, 3.63) is 10.7 Å². The Morgan fingerprint density at radius 3 is 2.82 bits per heavy atom. The number of aliphatic hydroxyl groups is 1. The lowest BCUT2D eigenvalue weighted by atomic mass is 9.99. The van der Waals surface area contributed by atoms with Crippen molar-refractivity contribution in [1.82, 2.24) is 9.97 Å². The molecular formula is C11H16BrN3O2. The molecular weight excluding hydrogens is 286 g/mol. The van der Waals surface area contributed by atoms with Crippen molar-refractivity contribution in [2.45, 2.75) is 31.2 Å². The summed E-state index contributed by atoms with van der Waals surface area (Å²) in [6.45, 7) is 0.106. The summed E-state index contributed by atoms with van der Waals surface area (Å²) >= 11 is 3.31. The fraction of sp³-hybridized carbons (Fsp3) is 0.636. The van der Waals surface area contributed by atoms with Gasteiger partial charge in [0.05, 0.1) is 29.9 Å². The second kappa shape index (κ2) is 5.18. The third-order valence-electron chi connectivity index (χ3n) is 3.15.